The van der Waals surface area contributed by atoms with Gasteiger partial charge in [-0.05, 0) is 32.3 Å². The number of unbranched alkanes of at least 4 members (excludes halogenated alkanes) is 1. The van der Waals surface area contributed by atoms with Crippen molar-refractivity contribution in [2.24, 2.45) is 5.92 Å². The molecule has 0 fully saturated rings. The third-order valence-electron chi connectivity index (χ3n) is 2.79. The maximum Gasteiger partial charge on any atom is 0.332 e. The summed E-state index contributed by atoms with van der Waals surface area (Å²) in [5.41, 5.74) is 0.609. The minimum Gasteiger partial charge on any atom is -0.478 e. The number of carbonyl (C=O) groups is 4. The van der Waals surface area contributed by atoms with Crippen molar-refractivity contribution in [2.45, 2.75) is 47.5 Å². The third kappa shape index (κ3) is 39.8. The van der Waals surface area contributed by atoms with E-state index in [0.29, 0.717) is 24.7 Å². The van der Waals surface area contributed by atoms with Gasteiger partial charge in [0.15, 0.2) is 0 Å². The Labute approximate surface area is 198 Å². The van der Waals surface area contributed by atoms with E-state index in [4.69, 9.17) is 9.84 Å². The Bertz CT molecular complexity index is 612. The molecule has 0 spiro atoms. The number of esters is 2. The molecule has 0 heterocycles. The van der Waals surface area contributed by atoms with Gasteiger partial charge >= 0.3 is 17.9 Å². The van der Waals surface area contributed by atoms with Gasteiger partial charge < -0.3 is 24.6 Å². The van der Waals surface area contributed by atoms with E-state index < -0.39 is 5.97 Å². The van der Waals surface area contributed by atoms with E-state index in [2.05, 4.69) is 55.0 Å². The third-order valence-corrected chi connectivity index (χ3v) is 2.79. The zero-order valence-corrected chi connectivity index (χ0v) is 20.9. The van der Waals surface area contributed by atoms with Crippen LogP contribution in [0.2, 0.25) is 0 Å². The second kappa shape index (κ2) is 26.8. The molecule has 0 atom stereocenters. The number of carboxylic acids is 1. The van der Waals surface area contributed by atoms with Crippen LogP contribution in [0.3, 0.4) is 0 Å². The minimum absolute atomic E-state index is 0.176. The second-order valence-electron chi connectivity index (χ2n) is 6.74. The van der Waals surface area contributed by atoms with Crippen LogP contribution >= 0.6 is 0 Å². The molecule has 0 bridgehead atoms. The lowest BCUT2D eigenvalue weighted by Crippen LogP contribution is -2.24. The molecule has 0 radical (unpaired) electrons. The van der Waals surface area contributed by atoms with Gasteiger partial charge in [0.25, 0.3) is 0 Å². The van der Waals surface area contributed by atoms with Gasteiger partial charge in [-0.1, -0.05) is 53.5 Å². The van der Waals surface area contributed by atoms with Crippen LogP contribution in [0.5, 0.6) is 0 Å². The average Bonchev–Trinajstić information content (AvgIpc) is 2.76. The predicted molar refractivity (Wildman–Crippen MR) is 129 cm³/mol. The van der Waals surface area contributed by atoms with Crippen LogP contribution in [0.25, 0.3) is 0 Å². The molecule has 190 valence electrons. The SMILES string of the molecule is C=C(C)C(=O)O.C=C(C)C(=O)OC.C=CC(=O)NCOCC(C)C.C=CC(=O)OCCCC. The summed E-state index contributed by atoms with van der Waals surface area (Å²) in [5.74, 6) is -1.32. The summed E-state index contributed by atoms with van der Waals surface area (Å²) < 4.78 is 14.0. The molecule has 0 aromatic carbocycles. The number of methoxy groups -OCH3 is 1. The fourth-order valence-corrected chi connectivity index (χ4v) is 1.04. The number of hydrogen-bond acceptors (Lipinski definition) is 7. The van der Waals surface area contributed by atoms with Crippen molar-refractivity contribution in [3.63, 3.8) is 0 Å². The number of nitrogens with one attached hydrogen (secondary N) is 1. The van der Waals surface area contributed by atoms with Crippen LogP contribution < -0.4 is 5.32 Å². The Morgan fingerprint density at radius 2 is 1.55 bits per heavy atom. The molecule has 0 rings (SSSR count). The number of rotatable bonds is 11. The van der Waals surface area contributed by atoms with Crippen molar-refractivity contribution < 1.29 is 38.5 Å². The van der Waals surface area contributed by atoms with Crippen LogP contribution in [-0.2, 0) is 33.4 Å². The normalized spacial score (nSPS) is 8.58. The van der Waals surface area contributed by atoms with Gasteiger partial charge in [-0.3, -0.25) is 4.79 Å². The quantitative estimate of drug-likeness (QED) is 0.201. The molecule has 0 unspecified atom stereocenters. The van der Waals surface area contributed by atoms with E-state index in [1.165, 1.54) is 26.2 Å². The molecule has 0 aliphatic carbocycles. The number of aliphatic carboxylic acids is 1. The van der Waals surface area contributed by atoms with Crippen molar-refractivity contribution in [2.75, 3.05) is 27.1 Å². The molecule has 9 nitrogen and oxygen atoms in total. The molecule has 1 amide bonds. The summed E-state index contributed by atoms with van der Waals surface area (Å²) in [6.07, 6.45) is 4.37. The number of carbonyl (C=O) groups excluding carboxylic acids is 3. The van der Waals surface area contributed by atoms with Crippen LogP contribution in [-0.4, -0.2) is 56.0 Å². The van der Waals surface area contributed by atoms with Crippen molar-refractivity contribution in [1.82, 2.24) is 5.32 Å². The fraction of sp³-hybridized carbons (Fsp3) is 0.500. The Hall–Kier alpha value is -3.20. The first-order valence-corrected chi connectivity index (χ1v) is 10.2. The predicted octanol–water partition coefficient (Wildman–Crippen LogP) is 3.82. The summed E-state index contributed by atoms with van der Waals surface area (Å²) in [6, 6.07) is 0. The van der Waals surface area contributed by atoms with E-state index in [-0.39, 0.29) is 30.1 Å². The highest BCUT2D eigenvalue weighted by atomic mass is 16.5. The van der Waals surface area contributed by atoms with Gasteiger partial charge in [0.1, 0.15) is 6.73 Å². The zero-order valence-electron chi connectivity index (χ0n) is 20.9. The second-order valence-corrected chi connectivity index (χ2v) is 6.74. The number of carboxylic acid groups (broad SMARTS) is 1. The smallest absolute Gasteiger partial charge is 0.332 e. The fourth-order valence-electron chi connectivity index (χ4n) is 1.04. The van der Waals surface area contributed by atoms with E-state index in [1.807, 2.05) is 6.92 Å². The van der Waals surface area contributed by atoms with Crippen LogP contribution in [0, 0.1) is 5.92 Å². The number of ether oxygens (including phenoxy) is 3. The molecule has 0 saturated heterocycles. The molecule has 9 heteroatoms. The first kappa shape index (κ1) is 37.1. The van der Waals surface area contributed by atoms with Crippen LogP contribution in [0.4, 0.5) is 0 Å². The van der Waals surface area contributed by atoms with Gasteiger partial charge in [0.2, 0.25) is 5.91 Å². The lowest BCUT2D eigenvalue weighted by Gasteiger charge is -2.06. The highest BCUT2D eigenvalue weighted by Gasteiger charge is 1.96. The van der Waals surface area contributed by atoms with Crippen LogP contribution in [0.15, 0.2) is 49.6 Å². The first-order valence-electron chi connectivity index (χ1n) is 10.2. The van der Waals surface area contributed by atoms with Crippen molar-refractivity contribution in [3.05, 3.63) is 49.6 Å². The van der Waals surface area contributed by atoms with E-state index in [9.17, 15) is 19.2 Å². The first-order chi connectivity index (χ1) is 15.3. The summed E-state index contributed by atoms with van der Waals surface area (Å²) in [4.78, 5) is 40.7. The maximum absolute atomic E-state index is 10.5. The molecular formula is C24H41NO8. The molecule has 33 heavy (non-hydrogen) atoms. The van der Waals surface area contributed by atoms with Gasteiger partial charge in [0.05, 0.1) is 20.3 Å². The Morgan fingerprint density at radius 1 is 1.03 bits per heavy atom. The maximum atomic E-state index is 10.5. The lowest BCUT2D eigenvalue weighted by atomic mass is 10.2. The van der Waals surface area contributed by atoms with Crippen molar-refractivity contribution in [1.29, 1.82) is 0 Å². The highest BCUT2D eigenvalue weighted by Crippen LogP contribution is 1.90. The molecule has 0 saturated carbocycles. The summed E-state index contributed by atoms with van der Waals surface area (Å²) >= 11 is 0. The molecule has 2 N–H and O–H groups in total. The number of amides is 1. The zero-order chi connectivity index (χ0) is 26.8. The van der Waals surface area contributed by atoms with Crippen LogP contribution in [0.1, 0.15) is 47.5 Å². The summed E-state index contributed by atoms with van der Waals surface area (Å²) in [7, 11) is 1.33. The molecular weight excluding hydrogens is 430 g/mol. The van der Waals surface area contributed by atoms with Gasteiger partial charge in [0, 0.05) is 17.2 Å². The monoisotopic (exact) mass is 471 g/mol. The molecule has 0 aliphatic heterocycles. The highest BCUT2D eigenvalue weighted by molar-refractivity contribution is 5.87. The Balaban J connectivity index is -0.000000175. The lowest BCUT2D eigenvalue weighted by molar-refractivity contribution is -0.138. The van der Waals surface area contributed by atoms with E-state index in [1.54, 1.807) is 6.92 Å². The van der Waals surface area contributed by atoms with Crippen molar-refractivity contribution >= 4 is 23.8 Å². The van der Waals surface area contributed by atoms with Crippen molar-refractivity contribution in [3.8, 4) is 0 Å². The molecule has 0 aromatic rings. The molecule has 0 aromatic heterocycles. The largest absolute Gasteiger partial charge is 0.478 e. The topological polar surface area (TPSA) is 128 Å². The summed E-state index contributed by atoms with van der Waals surface area (Å²) in [6.45, 7) is 23.7. The average molecular weight is 472 g/mol. The van der Waals surface area contributed by atoms with Gasteiger partial charge in [-0.2, -0.15) is 0 Å². The standard InChI is InChI=1S/C8H15NO2.C7H12O2.C5H8O2.C4H6O2/c1-4-8(10)9-6-11-5-7(2)3;1-3-5-6-9-7(8)4-2;1-4(2)5(6)7-3;1-3(2)4(5)6/h4,7H,1,5-6H2,2-3H3,(H,9,10);4H,2-3,5-6H2,1H3;1H2,2-3H3;1H2,2H3,(H,5,6). The number of hydrogen-bond donors (Lipinski definition) is 2. The minimum atomic E-state index is -0.935. The van der Waals surface area contributed by atoms with E-state index in [0.717, 1.165) is 12.8 Å². The van der Waals surface area contributed by atoms with Gasteiger partial charge in [-0.25, -0.2) is 14.4 Å². The Morgan fingerprint density at radius 3 is 1.82 bits per heavy atom. The van der Waals surface area contributed by atoms with E-state index >= 15 is 0 Å². The summed E-state index contributed by atoms with van der Waals surface area (Å²) in [5, 5.41) is 10.4. The Kier molecular flexibility index (Phi) is 30.2. The molecule has 0 aliphatic rings. The van der Waals surface area contributed by atoms with Gasteiger partial charge in [-0.15, -0.1) is 0 Å².